The molecule has 180 valence electrons. The molecule has 0 amide bonds. The Morgan fingerprint density at radius 3 is 1.91 bits per heavy atom. The highest BCUT2D eigenvalue weighted by Gasteiger charge is 2.50. The number of sulfonamides is 1. The molecule has 0 spiro atoms. The predicted molar refractivity (Wildman–Crippen MR) is 142 cm³/mol. The Balaban J connectivity index is 1.59. The van der Waals surface area contributed by atoms with E-state index in [9.17, 15) is 8.42 Å². The maximum atomic E-state index is 13.2. The molecule has 1 fully saturated rings. The lowest BCUT2D eigenvalue weighted by atomic mass is 10.1. The van der Waals surface area contributed by atoms with E-state index in [-0.39, 0.29) is 11.0 Å². The number of hydrogen-bond donors (Lipinski definition) is 0. The Morgan fingerprint density at radius 2 is 1.41 bits per heavy atom. The van der Waals surface area contributed by atoms with Gasteiger partial charge in [0.2, 0.25) is 10.0 Å². The van der Waals surface area contributed by atoms with E-state index < -0.39 is 18.3 Å². The van der Waals surface area contributed by atoms with Crippen LogP contribution in [0.25, 0.3) is 0 Å². The van der Waals surface area contributed by atoms with Gasteiger partial charge in [-0.1, -0.05) is 99.1 Å². The van der Waals surface area contributed by atoms with Gasteiger partial charge in [-0.3, -0.25) is 0 Å². The van der Waals surface area contributed by atoms with E-state index in [2.05, 4.69) is 69.3 Å². The Morgan fingerprint density at radius 1 is 0.882 bits per heavy atom. The van der Waals surface area contributed by atoms with Gasteiger partial charge in [-0.05, 0) is 46.8 Å². The first-order valence-electron chi connectivity index (χ1n) is 12.0. The van der Waals surface area contributed by atoms with Gasteiger partial charge in [-0.15, -0.1) is 0 Å². The van der Waals surface area contributed by atoms with Gasteiger partial charge >= 0.3 is 0 Å². The van der Waals surface area contributed by atoms with Crippen molar-refractivity contribution >= 4 is 28.7 Å². The molecular formula is C28H35NO3SSi. The number of benzene rings is 3. The van der Waals surface area contributed by atoms with E-state index in [4.69, 9.17) is 4.43 Å². The zero-order valence-corrected chi connectivity index (χ0v) is 22.4. The van der Waals surface area contributed by atoms with Gasteiger partial charge in [0, 0.05) is 19.7 Å². The summed E-state index contributed by atoms with van der Waals surface area (Å²) in [4.78, 5) is 0.367. The van der Waals surface area contributed by atoms with Crippen LogP contribution in [0.5, 0.6) is 0 Å². The van der Waals surface area contributed by atoms with Gasteiger partial charge in [0.25, 0.3) is 8.32 Å². The summed E-state index contributed by atoms with van der Waals surface area (Å²) in [5, 5.41) is 2.40. The normalized spacial score (nSPS) is 17.7. The fourth-order valence-electron chi connectivity index (χ4n) is 5.02. The van der Waals surface area contributed by atoms with Crippen molar-refractivity contribution in [1.29, 1.82) is 0 Å². The van der Waals surface area contributed by atoms with Crippen LogP contribution in [0, 0.1) is 12.8 Å². The minimum Gasteiger partial charge on any atom is -0.407 e. The SMILES string of the molecule is Cc1ccc(S(=O)(=O)N2CCC(CO[Si](c3ccccc3)(c3ccccc3)C(C)(C)C)C2)cc1. The average Bonchev–Trinajstić information content (AvgIpc) is 3.30. The molecule has 0 aromatic heterocycles. The maximum absolute atomic E-state index is 13.2. The Kier molecular flexibility index (Phi) is 7.15. The Labute approximate surface area is 205 Å². The molecule has 1 heterocycles. The van der Waals surface area contributed by atoms with E-state index in [1.165, 1.54) is 10.4 Å². The van der Waals surface area contributed by atoms with Gasteiger partial charge in [-0.2, -0.15) is 4.31 Å². The molecular weight excluding hydrogens is 458 g/mol. The minimum absolute atomic E-state index is 0.0953. The van der Waals surface area contributed by atoms with E-state index in [1.807, 2.05) is 31.2 Å². The van der Waals surface area contributed by atoms with Crippen molar-refractivity contribution in [2.45, 2.75) is 44.0 Å². The van der Waals surface area contributed by atoms with Gasteiger partial charge < -0.3 is 4.43 Å². The first-order valence-corrected chi connectivity index (χ1v) is 15.3. The maximum Gasteiger partial charge on any atom is 0.261 e. The third-order valence-electron chi connectivity index (χ3n) is 6.86. The molecule has 0 saturated carbocycles. The molecule has 6 heteroatoms. The third kappa shape index (κ3) is 4.78. The van der Waals surface area contributed by atoms with Crippen LogP contribution in [0.1, 0.15) is 32.8 Å². The van der Waals surface area contributed by atoms with Gasteiger partial charge in [-0.25, -0.2) is 8.42 Å². The van der Waals surface area contributed by atoms with Crippen LogP contribution in [0.15, 0.2) is 89.8 Å². The number of nitrogens with zero attached hydrogens (tertiary/aromatic N) is 1. The summed E-state index contributed by atoms with van der Waals surface area (Å²) >= 11 is 0. The summed E-state index contributed by atoms with van der Waals surface area (Å²) in [5.74, 6) is 0.168. The van der Waals surface area contributed by atoms with E-state index in [0.29, 0.717) is 24.6 Å². The van der Waals surface area contributed by atoms with Crippen molar-refractivity contribution in [3.8, 4) is 0 Å². The summed E-state index contributed by atoms with van der Waals surface area (Å²) in [6, 6.07) is 28.3. The second-order valence-electron chi connectivity index (χ2n) is 10.3. The second-order valence-corrected chi connectivity index (χ2v) is 16.5. The van der Waals surface area contributed by atoms with E-state index in [1.54, 1.807) is 16.4 Å². The van der Waals surface area contributed by atoms with Crippen molar-refractivity contribution in [2.24, 2.45) is 5.92 Å². The van der Waals surface area contributed by atoms with Crippen LogP contribution in [0.2, 0.25) is 5.04 Å². The highest BCUT2D eigenvalue weighted by atomic mass is 32.2. The smallest absolute Gasteiger partial charge is 0.261 e. The summed E-state index contributed by atoms with van der Waals surface area (Å²) < 4.78 is 35.0. The topological polar surface area (TPSA) is 46.6 Å². The minimum atomic E-state index is -3.49. The van der Waals surface area contributed by atoms with Crippen LogP contribution >= 0.6 is 0 Å². The van der Waals surface area contributed by atoms with Gasteiger partial charge in [0.05, 0.1) is 4.90 Å². The number of hydrogen-bond acceptors (Lipinski definition) is 3. The molecule has 34 heavy (non-hydrogen) atoms. The molecule has 3 aromatic carbocycles. The molecule has 0 bridgehead atoms. The van der Waals surface area contributed by atoms with Crippen LogP contribution in [0.4, 0.5) is 0 Å². The Hall–Kier alpha value is -2.25. The highest BCUT2D eigenvalue weighted by Crippen LogP contribution is 2.37. The lowest BCUT2D eigenvalue weighted by molar-refractivity contribution is 0.240. The van der Waals surface area contributed by atoms with Crippen molar-refractivity contribution in [2.75, 3.05) is 19.7 Å². The molecule has 3 aromatic rings. The van der Waals surface area contributed by atoms with Crippen molar-refractivity contribution in [3.05, 3.63) is 90.5 Å². The standard InChI is InChI=1S/C28H35NO3SSi/c1-23-15-17-25(18-16-23)33(30,31)29-20-19-24(21-29)22-32-34(28(2,3)4,26-11-7-5-8-12-26)27-13-9-6-10-14-27/h5-18,24H,19-22H2,1-4H3. The highest BCUT2D eigenvalue weighted by molar-refractivity contribution is 7.89. The molecule has 4 rings (SSSR count). The number of aryl methyl sites for hydroxylation is 1. The van der Waals surface area contributed by atoms with Gasteiger partial charge in [0.15, 0.2) is 0 Å². The van der Waals surface area contributed by atoms with Crippen LogP contribution < -0.4 is 10.4 Å². The Bertz CT molecular complexity index is 1150. The molecule has 1 aliphatic heterocycles. The lowest BCUT2D eigenvalue weighted by Gasteiger charge is -2.43. The lowest BCUT2D eigenvalue weighted by Crippen LogP contribution is -2.67. The molecule has 0 N–H and O–H groups in total. The van der Waals surface area contributed by atoms with Crippen molar-refractivity contribution in [3.63, 3.8) is 0 Å². The van der Waals surface area contributed by atoms with Crippen LogP contribution in [-0.2, 0) is 14.4 Å². The quantitative estimate of drug-likeness (QED) is 0.453. The molecule has 1 saturated heterocycles. The van der Waals surface area contributed by atoms with Crippen molar-refractivity contribution < 1.29 is 12.8 Å². The average molecular weight is 494 g/mol. The zero-order valence-electron chi connectivity index (χ0n) is 20.6. The first kappa shape index (κ1) is 24.9. The molecule has 0 radical (unpaired) electrons. The summed E-state index contributed by atoms with van der Waals surface area (Å²) in [5.41, 5.74) is 1.05. The molecule has 1 aliphatic rings. The first-order chi connectivity index (χ1) is 16.1. The van der Waals surface area contributed by atoms with Gasteiger partial charge in [0.1, 0.15) is 0 Å². The van der Waals surface area contributed by atoms with Crippen LogP contribution in [0.3, 0.4) is 0 Å². The summed E-state index contributed by atoms with van der Waals surface area (Å²) in [6.45, 7) is 10.3. The summed E-state index contributed by atoms with van der Waals surface area (Å²) in [7, 11) is -6.11. The zero-order chi connectivity index (χ0) is 24.4. The monoisotopic (exact) mass is 493 g/mol. The molecule has 4 nitrogen and oxygen atoms in total. The summed E-state index contributed by atoms with van der Waals surface area (Å²) in [6.07, 6.45) is 0.809. The third-order valence-corrected chi connectivity index (χ3v) is 13.7. The predicted octanol–water partition coefficient (Wildman–Crippen LogP) is 4.58. The molecule has 1 unspecified atom stereocenters. The molecule has 0 aliphatic carbocycles. The van der Waals surface area contributed by atoms with Crippen molar-refractivity contribution in [1.82, 2.24) is 4.31 Å². The van der Waals surface area contributed by atoms with E-state index >= 15 is 0 Å². The number of rotatable bonds is 7. The second kappa shape index (κ2) is 9.78. The largest absolute Gasteiger partial charge is 0.407 e. The fraction of sp³-hybridized carbons (Fsp3) is 0.357. The van der Waals surface area contributed by atoms with Crippen LogP contribution in [-0.4, -0.2) is 40.7 Å². The molecule has 1 atom stereocenters. The fourth-order valence-corrected chi connectivity index (χ4v) is 11.2. The van der Waals surface area contributed by atoms with E-state index in [0.717, 1.165) is 12.0 Å².